The summed E-state index contributed by atoms with van der Waals surface area (Å²) >= 11 is 0. The average molecular weight is 237 g/mol. The molecule has 7 nitrogen and oxygen atoms in total. The van der Waals surface area contributed by atoms with Gasteiger partial charge in [-0.05, 0) is 12.1 Å². The monoisotopic (exact) mass is 237 g/mol. The van der Waals surface area contributed by atoms with Gasteiger partial charge in [0.1, 0.15) is 12.2 Å². The van der Waals surface area contributed by atoms with Gasteiger partial charge in [0.2, 0.25) is 0 Å². The number of hydrogen-bond acceptors (Lipinski definition) is 6. The van der Waals surface area contributed by atoms with E-state index in [1.807, 2.05) is 0 Å². The summed E-state index contributed by atoms with van der Waals surface area (Å²) in [5.41, 5.74) is -0.0770. The zero-order valence-corrected chi connectivity index (χ0v) is 9.06. The molecule has 17 heavy (non-hydrogen) atoms. The topological polar surface area (TPSA) is 112 Å². The van der Waals surface area contributed by atoms with Crippen LogP contribution >= 0.6 is 0 Å². The third-order valence-corrected chi connectivity index (χ3v) is 1.86. The smallest absolute Gasteiger partial charge is 0.358 e. The van der Waals surface area contributed by atoms with Crippen LogP contribution < -0.4 is 5.32 Å². The van der Waals surface area contributed by atoms with Crippen LogP contribution in [0.2, 0.25) is 0 Å². The summed E-state index contributed by atoms with van der Waals surface area (Å²) in [6.45, 7) is -0.326. The molecule has 0 saturated carbocycles. The molecular weight excluding hydrogens is 226 g/mol. The van der Waals surface area contributed by atoms with E-state index >= 15 is 0 Å². The predicted octanol–water partition coefficient (Wildman–Crippen LogP) is 0.119. The Morgan fingerprint density at radius 1 is 1.59 bits per heavy atom. The lowest BCUT2D eigenvalue weighted by Gasteiger charge is -2.08. The second-order valence-corrected chi connectivity index (χ2v) is 3.01. The van der Waals surface area contributed by atoms with Crippen LogP contribution in [-0.2, 0) is 14.3 Å². The molecule has 0 atom stereocenters. The molecule has 0 fully saturated rings. The molecule has 1 aromatic heterocycles. The Morgan fingerprint density at radius 2 is 2.29 bits per heavy atom. The highest BCUT2D eigenvalue weighted by Gasteiger charge is 2.17. The largest absolute Gasteiger partial charge is 0.480 e. The summed E-state index contributed by atoms with van der Waals surface area (Å²) in [7, 11) is 1.16. The van der Waals surface area contributed by atoms with Gasteiger partial charge >= 0.3 is 11.9 Å². The van der Waals surface area contributed by atoms with E-state index in [0.29, 0.717) is 5.69 Å². The molecule has 1 heterocycles. The van der Waals surface area contributed by atoms with Crippen LogP contribution in [0.25, 0.3) is 0 Å². The Hall–Kier alpha value is -2.44. The fraction of sp³-hybridized carbons (Fsp3) is 0.200. The van der Waals surface area contributed by atoms with E-state index in [1.54, 1.807) is 6.07 Å². The van der Waals surface area contributed by atoms with Crippen molar-refractivity contribution in [2.24, 2.45) is 0 Å². The lowest BCUT2D eigenvalue weighted by molar-refractivity contribution is -0.135. The molecule has 0 saturated heterocycles. The molecule has 0 aliphatic carbocycles. The van der Waals surface area contributed by atoms with Gasteiger partial charge in [0.25, 0.3) is 0 Å². The molecule has 0 unspecified atom stereocenters. The Labute approximate surface area is 96.9 Å². The number of methoxy groups -OCH3 is 1. The average Bonchev–Trinajstić information content (AvgIpc) is 2.34. The van der Waals surface area contributed by atoms with Crippen molar-refractivity contribution >= 4 is 23.3 Å². The van der Waals surface area contributed by atoms with Gasteiger partial charge in [-0.1, -0.05) is 0 Å². The number of nitrogens with zero attached hydrogens (tertiary/aromatic N) is 1. The van der Waals surface area contributed by atoms with Gasteiger partial charge in [0, 0.05) is 6.20 Å². The van der Waals surface area contributed by atoms with E-state index < -0.39 is 17.7 Å². The van der Waals surface area contributed by atoms with E-state index in [1.165, 1.54) is 12.3 Å². The minimum atomic E-state index is -1.05. The van der Waals surface area contributed by atoms with E-state index in [4.69, 9.17) is 10.5 Å². The molecule has 0 aliphatic heterocycles. The van der Waals surface area contributed by atoms with Gasteiger partial charge in [-0.2, -0.15) is 0 Å². The maximum Gasteiger partial charge on any atom is 0.358 e. The Bertz CT molecular complexity index is 459. The van der Waals surface area contributed by atoms with Gasteiger partial charge < -0.3 is 15.2 Å². The van der Waals surface area contributed by atoms with Crippen LogP contribution in [0.1, 0.15) is 5.69 Å². The Balaban J connectivity index is 2.95. The number of carbonyl (C=O) groups excluding carboxylic acids is 1. The Kier molecular flexibility index (Phi) is 4.15. The minimum Gasteiger partial charge on any atom is -0.480 e. The van der Waals surface area contributed by atoms with Crippen LogP contribution in [-0.4, -0.2) is 41.4 Å². The first-order valence-corrected chi connectivity index (χ1v) is 4.64. The van der Waals surface area contributed by atoms with E-state index in [-0.39, 0.29) is 12.2 Å². The molecule has 0 radical (unpaired) electrons. The second kappa shape index (κ2) is 5.59. The van der Waals surface area contributed by atoms with Crippen molar-refractivity contribution in [1.29, 1.82) is 5.41 Å². The lowest BCUT2D eigenvalue weighted by atomic mass is 10.2. The molecule has 1 aromatic rings. The molecule has 0 spiro atoms. The highest BCUT2D eigenvalue weighted by atomic mass is 16.5. The predicted molar refractivity (Wildman–Crippen MR) is 59.2 cm³/mol. The van der Waals surface area contributed by atoms with Crippen molar-refractivity contribution in [3.8, 4) is 0 Å². The SMILES string of the molecule is COC(=O)C(=N)c1ncccc1NCC(=O)O. The molecular formula is C10H11N3O4. The summed E-state index contributed by atoms with van der Waals surface area (Å²) in [6, 6.07) is 3.10. The number of aliphatic carboxylic acids is 1. The molecule has 0 bridgehead atoms. The highest BCUT2D eigenvalue weighted by Crippen LogP contribution is 2.12. The van der Waals surface area contributed by atoms with E-state index in [0.717, 1.165) is 7.11 Å². The van der Waals surface area contributed by atoms with Crippen LogP contribution in [0, 0.1) is 5.41 Å². The third-order valence-electron chi connectivity index (χ3n) is 1.86. The molecule has 0 aromatic carbocycles. The minimum absolute atomic E-state index is 0.0561. The van der Waals surface area contributed by atoms with Crippen molar-refractivity contribution < 1.29 is 19.4 Å². The molecule has 0 aliphatic rings. The van der Waals surface area contributed by atoms with Gasteiger partial charge in [-0.25, -0.2) is 4.79 Å². The number of anilines is 1. The zero-order chi connectivity index (χ0) is 12.8. The van der Waals surface area contributed by atoms with Gasteiger partial charge in [0.05, 0.1) is 12.8 Å². The van der Waals surface area contributed by atoms with Crippen molar-refractivity contribution in [1.82, 2.24) is 4.98 Å². The summed E-state index contributed by atoms with van der Waals surface area (Å²) in [5, 5.41) is 18.6. The molecule has 7 heteroatoms. The standard InChI is InChI=1S/C10H11N3O4/c1-17-10(16)8(11)9-6(3-2-4-12-9)13-5-7(14)15/h2-4,11,13H,5H2,1H3,(H,14,15). The third kappa shape index (κ3) is 3.26. The normalized spacial score (nSPS) is 9.47. The quantitative estimate of drug-likeness (QED) is 0.495. The number of carboxylic acid groups (broad SMARTS) is 1. The number of rotatable bonds is 5. The summed E-state index contributed by atoms with van der Waals surface area (Å²) < 4.78 is 4.40. The summed E-state index contributed by atoms with van der Waals surface area (Å²) in [5.74, 6) is -1.88. The van der Waals surface area contributed by atoms with Crippen molar-refractivity contribution in [3.05, 3.63) is 24.0 Å². The summed E-state index contributed by atoms with van der Waals surface area (Å²) in [6.07, 6.45) is 1.40. The molecule has 90 valence electrons. The number of carboxylic acids is 1. The van der Waals surface area contributed by atoms with Gasteiger partial charge in [-0.3, -0.25) is 15.2 Å². The number of carbonyl (C=O) groups is 2. The maximum atomic E-state index is 11.2. The number of pyridine rings is 1. The van der Waals surface area contributed by atoms with Crippen molar-refractivity contribution in [2.75, 3.05) is 19.0 Å². The number of hydrogen-bond donors (Lipinski definition) is 3. The molecule has 0 amide bonds. The first-order valence-electron chi connectivity index (χ1n) is 4.64. The van der Waals surface area contributed by atoms with Crippen molar-refractivity contribution in [2.45, 2.75) is 0 Å². The lowest BCUT2D eigenvalue weighted by Crippen LogP contribution is -2.21. The maximum absolute atomic E-state index is 11.2. The zero-order valence-electron chi connectivity index (χ0n) is 9.06. The van der Waals surface area contributed by atoms with Gasteiger partial charge in [0.15, 0.2) is 5.71 Å². The first-order chi connectivity index (χ1) is 8.06. The number of nitrogens with one attached hydrogen (secondary N) is 2. The fourth-order valence-corrected chi connectivity index (χ4v) is 1.12. The van der Waals surface area contributed by atoms with E-state index in [9.17, 15) is 9.59 Å². The highest BCUT2D eigenvalue weighted by molar-refractivity contribution is 6.42. The van der Waals surface area contributed by atoms with Crippen molar-refractivity contribution in [3.63, 3.8) is 0 Å². The van der Waals surface area contributed by atoms with Crippen LogP contribution in [0.4, 0.5) is 5.69 Å². The molecule has 1 rings (SSSR count). The first kappa shape index (κ1) is 12.6. The van der Waals surface area contributed by atoms with E-state index in [2.05, 4.69) is 15.0 Å². The second-order valence-electron chi connectivity index (χ2n) is 3.01. The van der Waals surface area contributed by atoms with Crippen LogP contribution in [0.5, 0.6) is 0 Å². The molecule has 3 N–H and O–H groups in total. The summed E-state index contributed by atoms with van der Waals surface area (Å²) in [4.78, 5) is 25.4. The Morgan fingerprint density at radius 3 is 2.88 bits per heavy atom. The fourth-order valence-electron chi connectivity index (χ4n) is 1.12. The van der Waals surface area contributed by atoms with Crippen LogP contribution in [0.3, 0.4) is 0 Å². The number of ether oxygens (including phenoxy) is 1. The number of aromatic nitrogens is 1. The van der Waals surface area contributed by atoms with Crippen LogP contribution in [0.15, 0.2) is 18.3 Å². The van der Waals surface area contributed by atoms with Gasteiger partial charge in [-0.15, -0.1) is 0 Å². The number of esters is 1.